The zero-order valence-corrected chi connectivity index (χ0v) is 32.1. The van der Waals surface area contributed by atoms with Crippen LogP contribution in [0.4, 0.5) is 5.69 Å². The van der Waals surface area contributed by atoms with Gasteiger partial charge in [-0.2, -0.15) is 0 Å². The van der Waals surface area contributed by atoms with Crippen LogP contribution in [0.25, 0.3) is 10.8 Å². The van der Waals surface area contributed by atoms with Gasteiger partial charge in [0.2, 0.25) is 0 Å². The summed E-state index contributed by atoms with van der Waals surface area (Å²) in [4.78, 5) is 41.3. The third kappa shape index (κ3) is 5.75. The van der Waals surface area contributed by atoms with Gasteiger partial charge in [0.25, 0.3) is 11.7 Å². The molecule has 4 fully saturated rings. The Morgan fingerprint density at radius 1 is 1.04 bits per heavy atom. The molecule has 2 aromatic rings. The van der Waals surface area contributed by atoms with Crippen molar-refractivity contribution in [2.75, 3.05) is 25.5 Å². The zero-order chi connectivity index (χ0) is 38.3. The van der Waals surface area contributed by atoms with Crippen molar-refractivity contribution in [2.45, 2.75) is 97.9 Å². The van der Waals surface area contributed by atoms with Crippen molar-refractivity contribution in [2.24, 2.45) is 39.6 Å². The van der Waals surface area contributed by atoms with Gasteiger partial charge in [-0.15, -0.1) is 0 Å². The molecule has 4 unspecified atom stereocenters. The minimum Gasteiger partial charge on any atom is -0.507 e. The smallest absolute Gasteiger partial charge is 0.312 e. The molecule has 12 heteroatoms. The van der Waals surface area contributed by atoms with Gasteiger partial charge in [0, 0.05) is 55.5 Å². The number of fused-ring (bicyclic) bond motifs is 5. The Labute approximate surface area is 309 Å². The Morgan fingerprint density at radius 2 is 1.75 bits per heavy atom. The number of hydrogen-bond acceptors (Lipinski definition) is 11. The molecule has 9 atom stereocenters. The Hall–Kier alpha value is -4.26. The maximum Gasteiger partial charge on any atom is 0.312 e. The molecule has 53 heavy (non-hydrogen) atoms. The number of aliphatic hydroxyl groups is 1. The van der Waals surface area contributed by atoms with Crippen LogP contribution in [-0.2, 0) is 14.3 Å². The van der Waals surface area contributed by atoms with E-state index in [1.165, 1.54) is 13.2 Å². The number of nitrogens with zero attached hydrogens (tertiary/aromatic N) is 3. The summed E-state index contributed by atoms with van der Waals surface area (Å²) in [5.74, 6) is -2.54. The first-order valence-corrected chi connectivity index (χ1v) is 18.8. The van der Waals surface area contributed by atoms with Crippen molar-refractivity contribution >= 4 is 28.2 Å². The number of ketones is 1. The number of nitrogens with one attached hydrogen (secondary N) is 1. The predicted molar refractivity (Wildman–Crippen MR) is 199 cm³/mol. The van der Waals surface area contributed by atoms with Gasteiger partial charge in [-0.1, -0.05) is 52.8 Å². The SMILES string of the molecule is CO[C@@H](/C=C/O[C@@]1(C)Oc2c(C)c(O)c3c(O)c(NC(=O)/C(C)=C\C=C\[C@H](C)[C@H](O)C(C)C)c4c(c3c2C1=O)=N[C@@]1(N=4)C2CC3CC1N(C3)C2)C(C)C. The van der Waals surface area contributed by atoms with Crippen LogP contribution in [0.1, 0.15) is 77.2 Å². The van der Waals surface area contributed by atoms with Gasteiger partial charge >= 0.3 is 5.79 Å². The maximum atomic E-state index is 14.5. The molecule has 4 N–H and O–H groups in total. The number of carbonyl (C=O) groups is 2. The highest BCUT2D eigenvalue weighted by molar-refractivity contribution is 6.19. The van der Waals surface area contributed by atoms with Crippen LogP contribution < -0.4 is 20.8 Å². The molecule has 0 aromatic heterocycles. The predicted octanol–water partition coefficient (Wildman–Crippen LogP) is 4.82. The van der Waals surface area contributed by atoms with E-state index in [2.05, 4.69) is 10.2 Å². The standard InChI is InChI=1S/C41H52N4O8/c1-19(2)26(51-9)13-14-52-40(8)38(49)30-28-29(35(47)23(7)37(30)53-40)36(48)33(42-39(50)22(6)12-10-11-21(5)34(46)20(3)4)32-31(28)43-41(44-32)25-15-24-16-27(41)45(17-24)18-25/h10-14,19-21,24-27,34,46-48H,15-18H2,1-9H3,(H,42,50)/b11-10+,14-13+,22-12-/t21-,24?,25?,26-,27?,34+,40-,41+/m0/s1. The van der Waals surface area contributed by atoms with E-state index in [1.807, 2.05) is 40.7 Å². The zero-order valence-electron chi connectivity index (χ0n) is 32.1. The number of hydrogen-bond donors (Lipinski definition) is 4. The van der Waals surface area contributed by atoms with Gasteiger partial charge in [0.1, 0.15) is 22.5 Å². The number of aliphatic hydroxyl groups excluding tert-OH is 1. The highest BCUT2D eigenvalue weighted by atomic mass is 16.7. The largest absolute Gasteiger partial charge is 0.507 e. The minimum atomic E-state index is -1.78. The lowest BCUT2D eigenvalue weighted by Crippen LogP contribution is -2.44. The first-order valence-electron chi connectivity index (χ1n) is 18.8. The number of allylic oxidation sites excluding steroid dienone is 2. The molecule has 1 aliphatic carbocycles. The van der Waals surface area contributed by atoms with Crippen LogP contribution in [0.2, 0.25) is 0 Å². The van der Waals surface area contributed by atoms with Crippen molar-refractivity contribution < 1.29 is 39.1 Å². The summed E-state index contributed by atoms with van der Waals surface area (Å²) >= 11 is 0. The summed E-state index contributed by atoms with van der Waals surface area (Å²) < 4.78 is 17.7. The Kier molecular flexibility index (Phi) is 9.26. The van der Waals surface area contributed by atoms with E-state index in [9.17, 15) is 24.9 Å². The molecule has 1 saturated carbocycles. The van der Waals surface area contributed by atoms with E-state index >= 15 is 0 Å². The molecule has 6 aliphatic rings. The fraction of sp³-hybridized carbons (Fsp3) is 0.561. The fourth-order valence-electron chi connectivity index (χ4n) is 9.08. The molecule has 8 rings (SSSR count). The van der Waals surface area contributed by atoms with Crippen molar-refractivity contribution in [3.8, 4) is 17.2 Å². The second-order valence-electron chi connectivity index (χ2n) is 16.4. The van der Waals surface area contributed by atoms with Gasteiger partial charge in [0.05, 0.1) is 40.8 Å². The summed E-state index contributed by atoms with van der Waals surface area (Å²) in [6.07, 6.45) is 9.47. The first kappa shape index (κ1) is 37.1. The average Bonchev–Trinajstić information content (AvgIpc) is 3.79. The minimum absolute atomic E-state index is 0.0203. The van der Waals surface area contributed by atoms with Crippen LogP contribution in [0.3, 0.4) is 0 Å². The molecule has 5 heterocycles. The topological polar surface area (TPSA) is 163 Å². The van der Waals surface area contributed by atoms with Crippen molar-refractivity contribution in [1.82, 2.24) is 4.90 Å². The Morgan fingerprint density at radius 3 is 2.42 bits per heavy atom. The summed E-state index contributed by atoms with van der Waals surface area (Å²) in [5, 5.41) is 37.9. The second kappa shape index (κ2) is 13.2. The molecular formula is C41H52N4O8. The monoisotopic (exact) mass is 728 g/mol. The number of phenols is 2. The van der Waals surface area contributed by atoms with E-state index < -0.39 is 35.0 Å². The third-order valence-electron chi connectivity index (χ3n) is 12.1. The number of piperidine rings is 1. The number of methoxy groups -OCH3 is 1. The molecule has 1 amide bonds. The number of aromatic hydroxyl groups is 2. The van der Waals surface area contributed by atoms with E-state index in [0.29, 0.717) is 16.8 Å². The molecular weight excluding hydrogens is 676 g/mol. The number of Topliss-reactive ketones (excluding diaryl/α,β-unsaturated/α-hetero) is 1. The van der Waals surface area contributed by atoms with Crippen molar-refractivity contribution in [3.05, 3.63) is 58.0 Å². The second-order valence-corrected chi connectivity index (χ2v) is 16.4. The van der Waals surface area contributed by atoms with E-state index in [1.54, 1.807) is 39.2 Å². The number of carbonyl (C=O) groups excluding carboxylic acids is 2. The highest BCUT2D eigenvalue weighted by Gasteiger charge is 2.63. The van der Waals surface area contributed by atoms with E-state index in [4.69, 9.17) is 24.2 Å². The lowest BCUT2D eigenvalue weighted by atomic mass is 9.76. The van der Waals surface area contributed by atoms with Crippen molar-refractivity contribution in [3.63, 3.8) is 0 Å². The third-order valence-corrected chi connectivity index (χ3v) is 12.1. The summed E-state index contributed by atoms with van der Waals surface area (Å²) in [7, 11) is 1.60. The molecule has 5 aliphatic heterocycles. The number of anilines is 1. The molecule has 3 saturated heterocycles. The van der Waals surface area contributed by atoms with Gasteiger partial charge < -0.3 is 34.8 Å². The molecule has 0 radical (unpaired) electrons. The van der Waals surface area contributed by atoms with Gasteiger partial charge in [-0.25, -0.2) is 4.99 Å². The van der Waals surface area contributed by atoms with E-state index in [0.717, 1.165) is 25.9 Å². The number of ether oxygens (including phenoxy) is 3. The number of phenolic OH excluding ortho intramolecular Hbond substituents is 2. The van der Waals surface area contributed by atoms with Crippen LogP contribution in [-0.4, -0.2) is 81.8 Å². The maximum absolute atomic E-state index is 14.5. The number of amides is 1. The molecule has 2 aromatic carbocycles. The van der Waals surface area contributed by atoms with Gasteiger partial charge in [-0.05, 0) is 50.5 Å². The van der Waals surface area contributed by atoms with E-state index in [-0.39, 0.29) is 80.3 Å². The summed E-state index contributed by atoms with van der Waals surface area (Å²) in [6, 6.07) is 0.0433. The molecule has 284 valence electrons. The molecule has 4 bridgehead atoms. The van der Waals surface area contributed by atoms with Crippen LogP contribution >= 0.6 is 0 Å². The normalized spacial score (nSPS) is 30.0. The highest BCUT2D eigenvalue weighted by Crippen LogP contribution is 2.55. The van der Waals surface area contributed by atoms with Gasteiger partial charge in [0.15, 0.2) is 11.4 Å². The first-order chi connectivity index (χ1) is 25.0. The summed E-state index contributed by atoms with van der Waals surface area (Å²) in [5.41, 5.74) is -0.128. The van der Waals surface area contributed by atoms with Crippen LogP contribution in [0, 0.1) is 36.5 Å². The lowest BCUT2D eigenvalue weighted by molar-refractivity contribution is -0.112. The number of rotatable bonds is 11. The van der Waals surface area contributed by atoms with Crippen LogP contribution in [0.15, 0.2) is 46.1 Å². The van der Waals surface area contributed by atoms with Gasteiger partial charge in [-0.3, -0.25) is 19.5 Å². The molecule has 1 spiro atoms. The fourth-order valence-corrected chi connectivity index (χ4v) is 9.08. The number of benzene rings is 2. The summed E-state index contributed by atoms with van der Waals surface area (Å²) in [6.45, 7) is 16.4. The Bertz CT molecular complexity index is 2100. The van der Waals surface area contributed by atoms with Crippen molar-refractivity contribution in [1.29, 1.82) is 0 Å². The van der Waals surface area contributed by atoms with Crippen LogP contribution in [0.5, 0.6) is 17.2 Å². The average molecular weight is 729 g/mol. The lowest BCUT2D eigenvalue weighted by Gasteiger charge is -2.35. The molecule has 12 nitrogen and oxygen atoms in total. The quantitative estimate of drug-likeness (QED) is 0.110. The Balaban J connectivity index is 1.36.